The maximum Gasteiger partial charge on any atom is 0.410 e. The summed E-state index contributed by atoms with van der Waals surface area (Å²) in [5, 5.41) is 0. The number of likely N-dealkylation sites (tertiary alicyclic amines) is 1. The Labute approximate surface area is 92.8 Å². The molecular formula is C12H23NO2. The molecule has 1 fully saturated rings. The number of carbonyl (C=O) groups is 1. The molecule has 1 aliphatic heterocycles. The van der Waals surface area contributed by atoms with Crippen molar-refractivity contribution in [2.45, 2.75) is 53.1 Å². The van der Waals surface area contributed by atoms with Crippen molar-refractivity contribution < 1.29 is 9.53 Å². The van der Waals surface area contributed by atoms with Crippen LogP contribution in [0, 0.1) is 5.41 Å². The minimum absolute atomic E-state index is 0.167. The van der Waals surface area contributed by atoms with Crippen LogP contribution in [0.4, 0.5) is 4.79 Å². The third-order valence-corrected chi connectivity index (χ3v) is 3.20. The minimum atomic E-state index is -0.381. The molecule has 0 aromatic rings. The monoisotopic (exact) mass is 213 g/mol. The Kier molecular flexibility index (Phi) is 3.31. The molecule has 1 rings (SSSR count). The Morgan fingerprint density at radius 2 is 1.73 bits per heavy atom. The largest absolute Gasteiger partial charge is 0.444 e. The summed E-state index contributed by atoms with van der Waals surface area (Å²) in [6.45, 7) is 11.8. The predicted octanol–water partition coefficient (Wildman–Crippen LogP) is 3.04. The lowest BCUT2D eigenvalue weighted by Crippen LogP contribution is -2.58. The van der Waals surface area contributed by atoms with Gasteiger partial charge >= 0.3 is 6.09 Å². The summed E-state index contributed by atoms with van der Waals surface area (Å²) in [6, 6.07) is 0. The number of rotatable bonds is 2. The van der Waals surface area contributed by atoms with Crippen molar-refractivity contribution in [3.63, 3.8) is 0 Å². The van der Waals surface area contributed by atoms with Crippen LogP contribution in [0.3, 0.4) is 0 Å². The van der Waals surface area contributed by atoms with Crippen LogP contribution < -0.4 is 0 Å². The summed E-state index contributed by atoms with van der Waals surface area (Å²) in [6.07, 6.45) is 2.12. The molecule has 1 amide bonds. The van der Waals surface area contributed by atoms with Gasteiger partial charge in [0, 0.05) is 18.5 Å². The molecule has 0 saturated carbocycles. The summed E-state index contributed by atoms with van der Waals surface area (Å²) >= 11 is 0. The first kappa shape index (κ1) is 12.3. The van der Waals surface area contributed by atoms with Crippen molar-refractivity contribution in [1.82, 2.24) is 4.90 Å². The molecule has 0 aliphatic carbocycles. The van der Waals surface area contributed by atoms with Gasteiger partial charge in [-0.1, -0.05) is 13.8 Å². The average Bonchev–Trinajstić information content (AvgIpc) is 2.00. The third kappa shape index (κ3) is 2.86. The molecule has 0 radical (unpaired) electrons. The van der Waals surface area contributed by atoms with Crippen LogP contribution in [0.1, 0.15) is 47.5 Å². The van der Waals surface area contributed by atoms with Gasteiger partial charge in [0.15, 0.2) is 0 Å². The summed E-state index contributed by atoms with van der Waals surface area (Å²) in [7, 11) is 0. The van der Waals surface area contributed by atoms with Crippen LogP contribution in [0.2, 0.25) is 0 Å². The second-order valence-electron chi connectivity index (χ2n) is 5.54. The van der Waals surface area contributed by atoms with Crippen molar-refractivity contribution in [3.05, 3.63) is 0 Å². The van der Waals surface area contributed by atoms with Gasteiger partial charge in [0.25, 0.3) is 0 Å². The number of carbonyl (C=O) groups excluding carboxylic acids is 1. The number of hydrogen-bond acceptors (Lipinski definition) is 2. The van der Waals surface area contributed by atoms with Crippen molar-refractivity contribution in [1.29, 1.82) is 0 Å². The van der Waals surface area contributed by atoms with E-state index in [1.54, 1.807) is 4.90 Å². The predicted molar refractivity (Wildman–Crippen MR) is 60.8 cm³/mol. The van der Waals surface area contributed by atoms with Gasteiger partial charge in [-0.3, -0.25) is 0 Å². The molecule has 15 heavy (non-hydrogen) atoms. The first-order valence-corrected chi connectivity index (χ1v) is 5.80. The second-order valence-corrected chi connectivity index (χ2v) is 5.54. The molecule has 0 spiro atoms. The second kappa shape index (κ2) is 4.03. The lowest BCUT2D eigenvalue weighted by Gasteiger charge is -2.49. The zero-order valence-electron chi connectivity index (χ0n) is 10.6. The number of amides is 1. The summed E-state index contributed by atoms with van der Waals surface area (Å²) in [5.74, 6) is 0. The van der Waals surface area contributed by atoms with E-state index in [4.69, 9.17) is 4.74 Å². The Morgan fingerprint density at radius 3 is 2.07 bits per heavy atom. The zero-order chi connectivity index (χ0) is 11.7. The number of hydrogen-bond donors (Lipinski definition) is 0. The van der Waals surface area contributed by atoms with Crippen molar-refractivity contribution in [2.24, 2.45) is 5.41 Å². The topological polar surface area (TPSA) is 29.5 Å². The minimum Gasteiger partial charge on any atom is -0.444 e. The fourth-order valence-corrected chi connectivity index (χ4v) is 1.92. The Balaban J connectivity index is 2.42. The number of ether oxygens (including phenoxy) is 1. The lowest BCUT2D eigenvalue weighted by molar-refractivity contribution is -0.0373. The van der Waals surface area contributed by atoms with Gasteiger partial charge in [-0.15, -0.1) is 0 Å². The highest BCUT2D eigenvalue weighted by molar-refractivity contribution is 5.69. The molecule has 0 bridgehead atoms. The maximum absolute atomic E-state index is 11.7. The van der Waals surface area contributed by atoms with Gasteiger partial charge in [0.2, 0.25) is 0 Å². The van der Waals surface area contributed by atoms with Gasteiger partial charge in [-0.25, -0.2) is 4.79 Å². The number of nitrogens with zero attached hydrogens (tertiary/aromatic N) is 1. The van der Waals surface area contributed by atoms with Gasteiger partial charge in [0.05, 0.1) is 0 Å². The highest BCUT2D eigenvalue weighted by atomic mass is 16.6. The van der Waals surface area contributed by atoms with Gasteiger partial charge in [-0.05, 0) is 33.6 Å². The fourth-order valence-electron chi connectivity index (χ4n) is 1.92. The highest BCUT2D eigenvalue weighted by Crippen LogP contribution is 2.37. The van der Waals surface area contributed by atoms with Crippen LogP contribution in [-0.2, 0) is 4.74 Å². The maximum atomic E-state index is 11.7. The van der Waals surface area contributed by atoms with Crippen LogP contribution >= 0.6 is 0 Å². The smallest absolute Gasteiger partial charge is 0.410 e. The normalized spacial score (nSPS) is 19.7. The summed E-state index contributed by atoms with van der Waals surface area (Å²) in [5.41, 5.74) is -0.0231. The van der Waals surface area contributed by atoms with E-state index >= 15 is 0 Å². The summed E-state index contributed by atoms with van der Waals surface area (Å²) in [4.78, 5) is 13.5. The Morgan fingerprint density at radius 1 is 1.27 bits per heavy atom. The van der Waals surface area contributed by atoms with Crippen molar-refractivity contribution >= 4 is 6.09 Å². The molecule has 0 aromatic heterocycles. The fraction of sp³-hybridized carbons (Fsp3) is 0.917. The van der Waals surface area contributed by atoms with Crippen LogP contribution in [0.5, 0.6) is 0 Å². The summed E-state index contributed by atoms with van der Waals surface area (Å²) < 4.78 is 5.31. The third-order valence-electron chi connectivity index (χ3n) is 3.20. The van der Waals surface area contributed by atoms with E-state index in [9.17, 15) is 4.79 Å². The molecule has 0 aromatic carbocycles. The van der Waals surface area contributed by atoms with E-state index in [1.165, 1.54) is 0 Å². The molecule has 1 heterocycles. The highest BCUT2D eigenvalue weighted by Gasteiger charge is 2.43. The zero-order valence-corrected chi connectivity index (χ0v) is 10.6. The molecular weight excluding hydrogens is 190 g/mol. The van der Waals surface area contributed by atoms with E-state index in [1.807, 2.05) is 20.8 Å². The molecule has 1 aliphatic rings. The molecule has 0 unspecified atom stereocenters. The molecule has 1 saturated heterocycles. The van der Waals surface area contributed by atoms with E-state index in [2.05, 4.69) is 13.8 Å². The van der Waals surface area contributed by atoms with Crippen LogP contribution in [0.25, 0.3) is 0 Å². The van der Waals surface area contributed by atoms with Gasteiger partial charge < -0.3 is 9.64 Å². The molecule has 0 N–H and O–H groups in total. The quantitative estimate of drug-likeness (QED) is 0.705. The van der Waals surface area contributed by atoms with Crippen LogP contribution in [-0.4, -0.2) is 29.7 Å². The molecule has 3 heteroatoms. The van der Waals surface area contributed by atoms with Crippen molar-refractivity contribution in [2.75, 3.05) is 13.1 Å². The Hall–Kier alpha value is -0.730. The van der Waals surface area contributed by atoms with E-state index in [0.717, 1.165) is 25.9 Å². The van der Waals surface area contributed by atoms with Crippen LogP contribution in [0.15, 0.2) is 0 Å². The van der Waals surface area contributed by atoms with E-state index in [-0.39, 0.29) is 11.7 Å². The first-order chi connectivity index (χ1) is 6.82. The average molecular weight is 213 g/mol. The SMILES string of the molecule is CCC1(CC)CN(C(=O)OC(C)(C)C)C1. The molecule has 0 atom stereocenters. The van der Waals surface area contributed by atoms with Gasteiger partial charge in [0.1, 0.15) is 5.60 Å². The van der Waals surface area contributed by atoms with Gasteiger partial charge in [-0.2, -0.15) is 0 Å². The van der Waals surface area contributed by atoms with E-state index in [0.29, 0.717) is 5.41 Å². The molecule has 3 nitrogen and oxygen atoms in total. The van der Waals surface area contributed by atoms with E-state index < -0.39 is 0 Å². The molecule has 88 valence electrons. The van der Waals surface area contributed by atoms with Crippen molar-refractivity contribution in [3.8, 4) is 0 Å². The standard InChI is InChI=1S/C12H23NO2/c1-6-12(7-2)8-13(9-12)10(14)15-11(3,4)5/h6-9H2,1-5H3. The Bertz CT molecular complexity index is 230. The first-order valence-electron chi connectivity index (χ1n) is 5.80. The lowest BCUT2D eigenvalue weighted by atomic mass is 9.75.